The molecule has 9 nitrogen and oxygen atoms in total. The number of amides is 1. The molecule has 1 amide bonds. The van der Waals surface area contributed by atoms with E-state index in [1.54, 1.807) is 41.8 Å². The number of thiophene rings is 1. The Bertz CT molecular complexity index is 1280. The van der Waals surface area contributed by atoms with E-state index in [9.17, 15) is 4.79 Å². The molecule has 0 saturated carbocycles. The van der Waals surface area contributed by atoms with Gasteiger partial charge < -0.3 is 14.5 Å². The number of nitrogens with zero attached hydrogens (tertiary/aromatic N) is 6. The number of hydrogen-bond donors (Lipinski definition) is 1. The SMILES string of the molecule is CC(=O)N(C)Cc1sc2c(N3CCOCC3)nc(-c3cncc4[nH]ncc34)nc2c1C. The predicted molar refractivity (Wildman–Crippen MR) is 120 cm³/mol. The molecule has 5 heterocycles. The zero-order valence-corrected chi connectivity index (χ0v) is 18.5. The van der Waals surface area contributed by atoms with Crippen molar-refractivity contribution in [1.29, 1.82) is 0 Å². The number of ether oxygens (including phenoxy) is 1. The lowest BCUT2D eigenvalue weighted by Crippen LogP contribution is -2.36. The van der Waals surface area contributed by atoms with Crippen molar-refractivity contribution in [2.45, 2.75) is 20.4 Å². The molecule has 5 rings (SSSR count). The average molecular weight is 438 g/mol. The van der Waals surface area contributed by atoms with Crippen molar-refractivity contribution >= 4 is 44.2 Å². The second-order valence-corrected chi connectivity index (χ2v) is 8.80. The van der Waals surface area contributed by atoms with Gasteiger partial charge in [-0.3, -0.25) is 14.9 Å². The highest BCUT2D eigenvalue weighted by molar-refractivity contribution is 7.19. The summed E-state index contributed by atoms with van der Waals surface area (Å²) in [5.74, 6) is 1.57. The van der Waals surface area contributed by atoms with Crippen molar-refractivity contribution < 1.29 is 9.53 Å². The maximum Gasteiger partial charge on any atom is 0.219 e. The number of pyridine rings is 1. The van der Waals surface area contributed by atoms with Crippen molar-refractivity contribution in [3.63, 3.8) is 0 Å². The molecule has 1 saturated heterocycles. The summed E-state index contributed by atoms with van der Waals surface area (Å²) in [6.45, 7) is 7.10. The van der Waals surface area contributed by atoms with Crippen LogP contribution in [0.5, 0.6) is 0 Å². The van der Waals surface area contributed by atoms with Crippen LogP contribution in [0.3, 0.4) is 0 Å². The molecule has 1 N–H and O–H groups in total. The molecule has 1 aliphatic heterocycles. The smallest absolute Gasteiger partial charge is 0.219 e. The van der Waals surface area contributed by atoms with Gasteiger partial charge in [0.1, 0.15) is 0 Å². The molecule has 4 aromatic rings. The van der Waals surface area contributed by atoms with Gasteiger partial charge in [-0.15, -0.1) is 11.3 Å². The number of rotatable bonds is 4. The first kappa shape index (κ1) is 19.8. The normalized spacial score (nSPS) is 14.5. The molecule has 31 heavy (non-hydrogen) atoms. The highest BCUT2D eigenvalue weighted by Crippen LogP contribution is 2.38. The van der Waals surface area contributed by atoms with Gasteiger partial charge in [0.05, 0.1) is 47.9 Å². The Kier molecular flexibility index (Phi) is 5.03. The first-order chi connectivity index (χ1) is 15.0. The van der Waals surface area contributed by atoms with Crippen molar-refractivity contribution in [2.24, 2.45) is 0 Å². The van der Waals surface area contributed by atoms with E-state index in [-0.39, 0.29) is 5.91 Å². The Morgan fingerprint density at radius 1 is 1.26 bits per heavy atom. The van der Waals surface area contributed by atoms with Crippen LogP contribution in [0.25, 0.3) is 32.5 Å². The molecule has 0 bridgehead atoms. The van der Waals surface area contributed by atoms with Gasteiger partial charge in [-0.1, -0.05) is 0 Å². The Morgan fingerprint density at radius 2 is 2.06 bits per heavy atom. The lowest BCUT2D eigenvalue weighted by molar-refractivity contribution is -0.128. The number of hydrogen-bond acceptors (Lipinski definition) is 8. The van der Waals surface area contributed by atoms with Gasteiger partial charge in [-0.25, -0.2) is 9.97 Å². The summed E-state index contributed by atoms with van der Waals surface area (Å²) in [5, 5.41) is 8.05. The molecular weight excluding hydrogens is 414 g/mol. The predicted octanol–water partition coefficient (Wildman–Crippen LogP) is 2.75. The first-order valence-corrected chi connectivity index (χ1v) is 11.0. The van der Waals surface area contributed by atoms with Crippen LogP contribution in [0, 0.1) is 6.92 Å². The fourth-order valence-electron chi connectivity index (χ4n) is 3.75. The molecule has 0 radical (unpaired) electrons. The lowest BCUT2D eigenvalue weighted by Gasteiger charge is -2.28. The first-order valence-electron chi connectivity index (χ1n) is 10.1. The summed E-state index contributed by atoms with van der Waals surface area (Å²) >= 11 is 1.66. The fraction of sp³-hybridized carbons (Fsp3) is 0.381. The second-order valence-electron chi connectivity index (χ2n) is 7.69. The number of anilines is 1. The molecular formula is C21H23N7O2S. The van der Waals surface area contributed by atoms with Crippen LogP contribution in [0.15, 0.2) is 18.6 Å². The molecule has 4 aromatic heterocycles. The molecule has 160 valence electrons. The van der Waals surface area contributed by atoms with Crippen molar-refractivity contribution in [1.82, 2.24) is 30.0 Å². The van der Waals surface area contributed by atoms with E-state index < -0.39 is 0 Å². The zero-order chi connectivity index (χ0) is 21.5. The average Bonchev–Trinajstić information content (AvgIpc) is 3.38. The third-order valence-electron chi connectivity index (χ3n) is 5.68. The van der Waals surface area contributed by atoms with Gasteiger partial charge in [-0.05, 0) is 12.5 Å². The highest BCUT2D eigenvalue weighted by atomic mass is 32.1. The summed E-state index contributed by atoms with van der Waals surface area (Å²) in [4.78, 5) is 31.2. The standard InChI is InChI=1S/C21H23N7O2S/c1-12-17(11-27(3)13(2)29)31-19-18(12)24-20(25-21(19)28-4-6-30-7-5-28)15-8-22-10-16-14(15)9-23-26-16/h8-10H,4-7,11H2,1-3H3,(H,23,26). The van der Waals surface area contributed by atoms with Crippen LogP contribution >= 0.6 is 11.3 Å². The Labute approximate surface area is 183 Å². The molecule has 1 aliphatic rings. The van der Waals surface area contributed by atoms with Gasteiger partial charge in [0, 0.05) is 49.1 Å². The largest absolute Gasteiger partial charge is 0.378 e. The topological polar surface area (TPSA) is 100 Å². The number of carbonyl (C=O) groups excluding carboxylic acids is 1. The van der Waals surface area contributed by atoms with E-state index in [1.807, 2.05) is 7.05 Å². The fourth-order valence-corrected chi connectivity index (χ4v) is 5.07. The van der Waals surface area contributed by atoms with Gasteiger partial charge in [0.2, 0.25) is 5.91 Å². The Hall–Kier alpha value is -3.11. The molecule has 1 fully saturated rings. The van der Waals surface area contributed by atoms with Crippen LogP contribution in [0.2, 0.25) is 0 Å². The minimum absolute atomic E-state index is 0.0368. The summed E-state index contributed by atoms with van der Waals surface area (Å²) in [5.41, 5.74) is 3.69. The number of aromatic nitrogens is 5. The number of nitrogens with one attached hydrogen (secondary N) is 1. The van der Waals surface area contributed by atoms with E-state index >= 15 is 0 Å². The van der Waals surface area contributed by atoms with E-state index in [2.05, 4.69) is 27.0 Å². The second kappa shape index (κ2) is 7.86. The van der Waals surface area contributed by atoms with Crippen LogP contribution in [0.1, 0.15) is 17.4 Å². The molecule has 0 unspecified atom stereocenters. The number of aryl methyl sites for hydroxylation is 1. The number of aromatic amines is 1. The van der Waals surface area contributed by atoms with Crippen molar-refractivity contribution in [3.05, 3.63) is 29.0 Å². The number of H-pyrrole nitrogens is 1. The van der Waals surface area contributed by atoms with E-state index in [1.165, 1.54) is 0 Å². The van der Waals surface area contributed by atoms with E-state index in [0.29, 0.717) is 25.6 Å². The Balaban J connectivity index is 1.71. The summed E-state index contributed by atoms with van der Waals surface area (Å²) in [7, 11) is 1.82. The number of carbonyl (C=O) groups is 1. The van der Waals surface area contributed by atoms with E-state index in [0.717, 1.165) is 56.0 Å². The maximum atomic E-state index is 11.8. The number of fused-ring (bicyclic) bond motifs is 2. The van der Waals surface area contributed by atoms with E-state index in [4.69, 9.17) is 14.7 Å². The molecule has 0 spiro atoms. The van der Waals surface area contributed by atoms with Gasteiger partial charge in [0.15, 0.2) is 11.6 Å². The highest BCUT2D eigenvalue weighted by Gasteiger charge is 2.23. The summed E-state index contributed by atoms with van der Waals surface area (Å²) < 4.78 is 6.60. The van der Waals surface area contributed by atoms with Crippen LogP contribution < -0.4 is 4.90 Å². The third-order valence-corrected chi connectivity index (χ3v) is 6.94. The molecule has 0 aromatic carbocycles. The summed E-state index contributed by atoms with van der Waals surface area (Å²) in [6.07, 6.45) is 5.31. The summed E-state index contributed by atoms with van der Waals surface area (Å²) in [6, 6.07) is 0. The van der Waals surface area contributed by atoms with Crippen molar-refractivity contribution in [2.75, 3.05) is 38.3 Å². The van der Waals surface area contributed by atoms with Crippen LogP contribution in [-0.2, 0) is 16.1 Å². The van der Waals surface area contributed by atoms with Gasteiger partial charge in [-0.2, -0.15) is 5.10 Å². The quantitative estimate of drug-likeness (QED) is 0.524. The van der Waals surface area contributed by atoms with Gasteiger partial charge in [0.25, 0.3) is 0 Å². The lowest BCUT2D eigenvalue weighted by atomic mass is 10.1. The number of morpholine rings is 1. The minimum Gasteiger partial charge on any atom is -0.378 e. The minimum atomic E-state index is 0.0368. The monoisotopic (exact) mass is 437 g/mol. The zero-order valence-electron chi connectivity index (χ0n) is 17.7. The Morgan fingerprint density at radius 3 is 2.84 bits per heavy atom. The molecule has 0 atom stereocenters. The third kappa shape index (κ3) is 3.51. The van der Waals surface area contributed by atoms with Gasteiger partial charge >= 0.3 is 0 Å². The van der Waals surface area contributed by atoms with Crippen LogP contribution in [0.4, 0.5) is 5.82 Å². The maximum absolute atomic E-state index is 11.8. The van der Waals surface area contributed by atoms with Crippen LogP contribution in [-0.4, -0.2) is 69.3 Å². The molecule has 0 aliphatic carbocycles. The van der Waals surface area contributed by atoms with Crippen molar-refractivity contribution in [3.8, 4) is 11.4 Å². The molecule has 10 heteroatoms.